The van der Waals surface area contributed by atoms with Gasteiger partial charge in [0.1, 0.15) is 23.7 Å². The van der Waals surface area contributed by atoms with Gasteiger partial charge in [0, 0.05) is 24.1 Å². The lowest BCUT2D eigenvalue weighted by Crippen LogP contribution is -2.19. The molecule has 0 aliphatic rings. The van der Waals surface area contributed by atoms with Crippen LogP contribution < -0.4 is 15.4 Å². The molecule has 2 heterocycles. The molecule has 0 aliphatic heterocycles. The van der Waals surface area contributed by atoms with Crippen molar-refractivity contribution in [3.8, 4) is 17.4 Å². The molecule has 0 saturated heterocycles. The number of rotatable bonds is 5. The van der Waals surface area contributed by atoms with Gasteiger partial charge < -0.3 is 15.4 Å². The fraction of sp³-hybridized carbons (Fsp3) is 0.0909. The van der Waals surface area contributed by atoms with E-state index in [1.54, 1.807) is 48.7 Å². The van der Waals surface area contributed by atoms with E-state index in [9.17, 15) is 4.79 Å². The normalized spacial score (nSPS) is 10.5. The summed E-state index contributed by atoms with van der Waals surface area (Å²) in [6.07, 6.45) is 4.95. The lowest BCUT2D eigenvalue weighted by molar-refractivity contribution is 0.262. The molecule has 0 atom stereocenters. The Morgan fingerprint density at radius 1 is 1.00 bits per heavy atom. The van der Waals surface area contributed by atoms with Crippen LogP contribution in [0.2, 0.25) is 5.02 Å². The third-order valence-corrected chi connectivity index (χ3v) is 4.72. The van der Waals surface area contributed by atoms with E-state index in [1.165, 1.54) is 6.33 Å². The third kappa shape index (κ3) is 4.99. The number of aromatic nitrogens is 4. The second kappa shape index (κ2) is 8.85. The Kier molecular flexibility index (Phi) is 5.81. The monoisotopic (exact) mass is 434 g/mol. The lowest BCUT2D eigenvalue weighted by Gasteiger charge is -2.11. The number of urea groups is 1. The molecule has 4 aromatic rings. The number of imidazole rings is 1. The number of hydrogen-bond acceptors (Lipinski definition) is 5. The molecule has 8 nitrogen and oxygen atoms in total. The SMILES string of the molecule is Cc1ccc(NC(=O)Nc2ccc(Oc3cc(-n4ccnc4C)ncn3)cc2)c(Cl)c1. The van der Waals surface area contributed by atoms with Crippen LogP contribution in [0.5, 0.6) is 11.6 Å². The van der Waals surface area contributed by atoms with Gasteiger partial charge in [-0.2, -0.15) is 0 Å². The molecule has 4 rings (SSSR count). The quantitative estimate of drug-likeness (QED) is 0.440. The Labute approximate surface area is 183 Å². The van der Waals surface area contributed by atoms with Crippen molar-refractivity contribution in [2.45, 2.75) is 13.8 Å². The zero-order valence-corrected chi connectivity index (χ0v) is 17.6. The minimum absolute atomic E-state index is 0.393. The van der Waals surface area contributed by atoms with E-state index in [4.69, 9.17) is 16.3 Å². The third-order valence-electron chi connectivity index (χ3n) is 4.41. The molecule has 0 bridgehead atoms. The maximum absolute atomic E-state index is 12.2. The van der Waals surface area contributed by atoms with E-state index in [0.717, 1.165) is 11.4 Å². The molecule has 0 saturated carbocycles. The average Bonchev–Trinajstić information content (AvgIpc) is 3.18. The summed E-state index contributed by atoms with van der Waals surface area (Å²) in [5.74, 6) is 2.43. The summed E-state index contributed by atoms with van der Waals surface area (Å²) >= 11 is 6.15. The van der Waals surface area contributed by atoms with E-state index in [0.29, 0.717) is 33.8 Å². The Bertz CT molecular complexity index is 1220. The summed E-state index contributed by atoms with van der Waals surface area (Å²) < 4.78 is 7.64. The average molecular weight is 435 g/mol. The Balaban J connectivity index is 1.39. The number of benzene rings is 2. The van der Waals surface area contributed by atoms with Crippen LogP contribution in [0.3, 0.4) is 0 Å². The summed E-state index contributed by atoms with van der Waals surface area (Å²) in [6, 6.07) is 13.7. The molecule has 156 valence electrons. The summed E-state index contributed by atoms with van der Waals surface area (Å²) in [5.41, 5.74) is 2.16. The maximum Gasteiger partial charge on any atom is 0.323 e. The number of nitrogens with one attached hydrogen (secondary N) is 2. The molecular formula is C22H19ClN6O2. The van der Waals surface area contributed by atoms with Crippen LogP contribution in [0.4, 0.5) is 16.2 Å². The van der Waals surface area contributed by atoms with Crippen molar-refractivity contribution in [3.63, 3.8) is 0 Å². The second-order valence-electron chi connectivity index (χ2n) is 6.75. The predicted octanol–water partition coefficient (Wildman–Crippen LogP) is 5.37. The van der Waals surface area contributed by atoms with Crippen molar-refractivity contribution in [3.05, 3.63) is 83.7 Å². The minimum Gasteiger partial charge on any atom is -0.439 e. The van der Waals surface area contributed by atoms with Crippen LogP contribution in [-0.4, -0.2) is 25.6 Å². The Morgan fingerprint density at radius 3 is 2.52 bits per heavy atom. The lowest BCUT2D eigenvalue weighted by atomic mass is 10.2. The number of amides is 2. The molecule has 31 heavy (non-hydrogen) atoms. The highest BCUT2D eigenvalue weighted by Crippen LogP contribution is 2.24. The second-order valence-corrected chi connectivity index (χ2v) is 7.15. The topological polar surface area (TPSA) is 94.0 Å². The van der Waals surface area contributed by atoms with Crippen LogP contribution in [0.25, 0.3) is 5.82 Å². The van der Waals surface area contributed by atoms with Crippen LogP contribution in [0.15, 0.2) is 67.3 Å². The fourth-order valence-corrected chi connectivity index (χ4v) is 3.15. The molecule has 2 aromatic heterocycles. The highest BCUT2D eigenvalue weighted by atomic mass is 35.5. The van der Waals surface area contributed by atoms with Gasteiger partial charge in [-0.1, -0.05) is 17.7 Å². The number of carbonyl (C=O) groups excluding carboxylic acids is 1. The van der Waals surface area contributed by atoms with E-state index < -0.39 is 6.03 Å². The minimum atomic E-state index is -0.393. The van der Waals surface area contributed by atoms with Crippen molar-refractivity contribution in [2.24, 2.45) is 0 Å². The molecule has 0 radical (unpaired) electrons. The molecule has 2 amide bonds. The first-order chi connectivity index (χ1) is 15.0. The van der Waals surface area contributed by atoms with Crippen molar-refractivity contribution >= 4 is 29.0 Å². The highest BCUT2D eigenvalue weighted by Gasteiger charge is 2.08. The molecule has 0 spiro atoms. The molecule has 2 N–H and O–H groups in total. The highest BCUT2D eigenvalue weighted by molar-refractivity contribution is 6.33. The van der Waals surface area contributed by atoms with Gasteiger partial charge in [0.2, 0.25) is 5.88 Å². The first kappa shape index (κ1) is 20.4. The van der Waals surface area contributed by atoms with Crippen LogP contribution >= 0.6 is 11.6 Å². The number of halogens is 1. The van der Waals surface area contributed by atoms with Gasteiger partial charge in [-0.3, -0.25) is 4.57 Å². The van der Waals surface area contributed by atoms with Gasteiger partial charge in [-0.25, -0.2) is 19.7 Å². The van der Waals surface area contributed by atoms with E-state index in [1.807, 2.05) is 30.7 Å². The molecular weight excluding hydrogens is 416 g/mol. The molecule has 9 heteroatoms. The molecule has 0 fully saturated rings. The number of hydrogen-bond donors (Lipinski definition) is 2. The van der Waals surface area contributed by atoms with Gasteiger partial charge in [0.15, 0.2) is 0 Å². The summed E-state index contributed by atoms with van der Waals surface area (Å²) in [6.45, 7) is 3.82. The van der Waals surface area contributed by atoms with Gasteiger partial charge in [0.05, 0.1) is 10.7 Å². The fourth-order valence-electron chi connectivity index (χ4n) is 2.87. The summed E-state index contributed by atoms with van der Waals surface area (Å²) in [5, 5.41) is 5.96. The van der Waals surface area contributed by atoms with Gasteiger partial charge in [-0.15, -0.1) is 0 Å². The number of nitrogens with zero attached hydrogens (tertiary/aromatic N) is 4. The van der Waals surface area contributed by atoms with Crippen molar-refractivity contribution < 1.29 is 9.53 Å². The van der Waals surface area contributed by atoms with Crippen LogP contribution in [-0.2, 0) is 0 Å². The van der Waals surface area contributed by atoms with E-state index in [-0.39, 0.29) is 0 Å². The standard InChI is InChI=1S/C22H19ClN6O2/c1-14-3-8-19(18(23)11-14)28-22(30)27-16-4-6-17(7-5-16)31-21-12-20(25-13-26-21)29-10-9-24-15(29)2/h3-13H,1-2H3,(H2,27,28,30). The first-order valence-electron chi connectivity index (χ1n) is 9.42. The zero-order chi connectivity index (χ0) is 21.8. The first-order valence-corrected chi connectivity index (χ1v) is 9.80. The number of ether oxygens (including phenoxy) is 1. The molecule has 0 aliphatic carbocycles. The van der Waals surface area contributed by atoms with E-state index in [2.05, 4.69) is 25.6 Å². The van der Waals surface area contributed by atoms with E-state index >= 15 is 0 Å². The van der Waals surface area contributed by atoms with Gasteiger partial charge in [0.25, 0.3) is 0 Å². The van der Waals surface area contributed by atoms with Crippen LogP contribution in [0.1, 0.15) is 11.4 Å². The Hall–Kier alpha value is -3.91. The van der Waals surface area contributed by atoms with Gasteiger partial charge in [-0.05, 0) is 55.8 Å². The number of carbonyl (C=O) groups is 1. The number of anilines is 2. The number of aryl methyl sites for hydroxylation is 2. The largest absolute Gasteiger partial charge is 0.439 e. The van der Waals surface area contributed by atoms with Crippen molar-refractivity contribution in [2.75, 3.05) is 10.6 Å². The van der Waals surface area contributed by atoms with Crippen molar-refractivity contribution in [1.29, 1.82) is 0 Å². The molecule has 2 aromatic carbocycles. The predicted molar refractivity (Wildman–Crippen MR) is 119 cm³/mol. The van der Waals surface area contributed by atoms with Gasteiger partial charge >= 0.3 is 6.03 Å². The summed E-state index contributed by atoms with van der Waals surface area (Å²) in [7, 11) is 0. The van der Waals surface area contributed by atoms with Crippen LogP contribution in [0, 0.1) is 13.8 Å². The van der Waals surface area contributed by atoms with Crippen molar-refractivity contribution in [1.82, 2.24) is 19.5 Å². The Morgan fingerprint density at radius 2 is 1.81 bits per heavy atom. The zero-order valence-electron chi connectivity index (χ0n) is 16.8. The molecule has 0 unspecified atom stereocenters. The smallest absolute Gasteiger partial charge is 0.323 e. The summed E-state index contributed by atoms with van der Waals surface area (Å²) in [4.78, 5) is 24.8. The maximum atomic E-state index is 12.2.